The van der Waals surface area contributed by atoms with Crippen LogP contribution >= 0.6 is 34.5 Å². The predicted octanol–water partition coefficient (Wildman–Crippen LogP) is 2.99. The highest BCUT2D eigenvalue weighted by Crippen LogP contribution is 2.63. The average molecular weight is 348 g/mol. The average Bonchev–Trinajstić information content (AvgIpc) is 2.93. The third kappa shape index (κ3) is 3.01. The Morgan fingerprint density at radius 2 is 2.14 bits per heavy atom. The van der Waals surface area contributed by atoms with Crippen LogP contribution in [0.5, 0.6) is 0 Å². The second kappa shape index (κ2) is 5.60. The van der Waals surface area contributed by atoms with Gasteiger partial charge in [0.05, 0.1) is 11.1 Å². The Bertz CT molecular complexity index is 542. The molecule has 2 fully saturated rings. The van der Waals surface area contributed by atoms with Crippen LogP contribution in [0.4, 0.5) is 5.13 Å². The highest BCUT2D eigenvalue weighted by atomic mass is 35.5. The van der Waals surface area contributed by atoms with Gasteiger partial charge in [-0.2, -0.15) is 0 Å². The molecule has 0 radical (unpaired) electrons. The highest BCUT2D eigenvalue weighted by Gasteiger charge is 2.67. The number of rotatable bonds is 5. The second-order valence-electron chi connectivity index (χ2n) is 6.03. The molecule has 4 nitrogen and oxygen atoms in total. The van der Waals surface area contributed by atoms with Crippen LogP contribution in [0.2, 0.25) is 0 Å². The molecule has 1 aliphatic heterocycles. The van der Waals surface area contributed by atoms with Gasteiger partial charge < -0.3 is 10.2 Å². The number of thiazole rings is 1. The summed E-state index contributed by atoms with van der Waals surface area (Å²) >= 11 is 13.7. The molecule has 1 saturated heterocycles. The predicted molar refractivity (Wildman–Crippen MR) is 87.4 cm³/mol. The first-order valence-electron chi connectivity index (χ1n) is 7.28. The lowest BCUT2D eigenvalue weighted by Gasteiger charge is -2.13. The van der Waals surface area contributed by atoms with Crippen LogP contribution in [-0.4, -0.2) is 34.9 Å². The quantitative estimate of drug-likeness (QED) is 0.832. The summed E-state index contributed by atoms with van der Waals surface area (Å²) in [6, 6.07) is 0. The van der Waals surface area contributed by atoms with Crippen molar-refractivity contribution in [2.75, 3.05) is 24.5 Å². The molecule has 2 aliphatic rings. The summed E-state index contributed by atoms with van der Waals surface area (Å²) in [5, 5.41) is 6.09. The van der Waals surface area contributed by atoms with E-state index < -0.39 is 9.75 Å². The van der Waals surface area contributed by atoms with E-state index in [4.69, 9.17) is 23.2 Å². The first kappa shape index (κ1) is 15.4. The summed E-state index contributed by atoms with van der Waals surface area (Å²) in [4.78, 5) is 19.0. The Balaban J connectivity index is 1.47. The fourth-order valence-corrected chi connectivity index (χ4v) is 4.23. The van der Waals surface area contributed by atoms with Crippen molar-refractivity contribution in [1.82, 2.24) is 10.3 Å². The summed E-state index contributed by atoms with van der Waals surface area (Å²) in [5.41, 5.74) is 0.393. The van der Waals surface area contributed by atoms with Gasteiger partial charge in [-0.25, -0.2) is 4.98 Å². The van der Waals surface area contributed by atoms with Gasteiger partial charge in [-0.1, -0.05) is 0 Å². The molecule has 1 aromatic heterocycles. The second-order valence-corrected chi connectivity index (χ2v) is 8.36. The number of nitrogens with zero attached hydrogens (tertiary/aromatic N) is 2. The van der Waals surface area contributed by atoms with Crippen LogP contribution in [-0.2, 0) is 11.2 Å². The number of aromatic nitrogens is 1. The third-order valence-electron chi connectivity index (χ3n) is 4.34. The molecule has 1 aliphatic carbocycles. The maximum atomic E-state index is 12.0. The minimum absolute atomic E-state index is 0.0671. The van der Waals surface area contributed by atoms with E-state index in [0.29, 0.717) is 13.0 Å². The highest BCUT2D eigenvalue weighted by molar-refractivity contribution is 7.13. The number of anilines is 1. The molecule has 1 atom stereocenters. The Morgan fingerprint density at radius 1 is 1.48 bits per heavy atom. The molecule has 0 unspecified atom stereocenters. The summed E-state index contributed by atoms with van der Waals surface area (Å²) in [6.07, 6.45) is 3.76. The number of carbonyl (C=O) groups is 1. The molecule has 1 saturated carbocycles. The first-order valence-corrected chi connectivity index (χ1v) is 8.91. The number of amides is 1. The number of hydrogen-bond acceptors (Lipinski definition) is 4. The molecule has 116 valence electrons. The number of carbonyl (C=O) groups excluding carboxylic acids is 1. The van der Waals surface area contributed by atoms with E-state index in [2.05, 4.69) is 20.6 Å². The van der Waals surface area contributed by atoms with Crippen LogP contribution in [0, 0.1) is 5.41 Å². The maximum absolute atomic E-state index is 12.0. The minimum Gasteiger partial charge on any atom is -0.355 e. The van der Waals surface area contributed by atoms with Crippen LogP contribution in [0.25, 0.3) is 0 Å². The zero-order valence-electron chi connectivity index (χ0n) is 12.0. The molecule has 0 aromatic carbocycles. The van der Waals surface area contributed by atoms with E-state index in [1.54, 1.807) is 18.3 Å². The number of halogens is 2. The van der Waals surface area contributed by atoms with Crippen molar-refractivity contribution in [3.63, 3.8) is 0 Å². The standard InChI is InChI=1S/C14H19Cl2N3OS/c1-13(9-14(13,15)16)11(20)17-5-4-10-8-21-12(18-10)19-6-2-3-7-19/h8H,2-7,9H2,1H3,(H,17,20)/t13-/m1/s1. The molecule has 1 aromatic rings. The SMILES string of the molecule is C[C@]1(C(=O)NCCc2csc(N3CCCC3)n2)CC1(Cl)Cl. The molecular formula is C14H19Cl2N3OS. The number of alkyl halides is 2. The van der Waals surface area contributed by atoms with Crippen molar-refractivity contribution >= 4 is 45.6 Å². The molecule has 1 N–H and O–H groups in total. The maximum Gasteiger partial charge on any atom is 0.229 e. The molecule has 0 bridgehead atoms. The first-order chi connectivity index (χ1) is 9.92. The smallest absolute Gasteiger partial charge is 0.229 e. The monoisotopic (exact) mass is 347 g/mol. The molecule has 7 heteroatoms. The number of hydrogen-bond donors (Lipinski definition) is 1. The Labute approximate surface area is 138 Å². The van der Waals surface area contributed by atoms with Crippen molar-refractivity contribution in [2.45, 2.75) is 36.9 Å². The summed E-state index contributed by atoms with van der Waals surface area (Å²) < 4.78 is -0.902. The minimum atomic E-state index is -0.902. The Kier molecular flexibility index (Phi) is 4.10. The lowest BCUT2D eigenvalue weighted by Crippen LogP contribution is -2.34. The van der Waals surface area contributed by atoms with Crippen molar-refractivity contribution in [2.24, 2.45) is 5.41 Å². The summed E-state index contributed by atoms with van der Waals surface area (Å²) in [6.45, 7) is 4.59. The summed E-state index contributed by atoms with van der Waals surface area (Å²) in [5.74, 6) is -0.0671. The van der Waals surface area contributed by atoms with Crippen molar-refractivity contribution in [1.29, 1.82) is 0 Å². The van der Waals surface area contributed by atoms with E-state index in [9.17, 15) is 4.79 Å². The van der Waals surface area contributed by atoms with Crippen molar-refractivity contribution in [3.05, 3.63) is 11.1 Å². The fraction of sp³-hybridized carbons (Fsp3) is 0.714. The van der Waals surface area contributed by atoms with Gasteiger partial charge in [0, 0.05) is 31.4 Å². The Morgan fingerprint density at radius 3 is 2.76 bits per heavy atom. The zero-order valence-corrected chi connectivity index (χ0v) is 14.3. The topological polar surface area (TPSA) is 45.2 Å². The van der Waals surface area contributed by atoms with Crippen LogP contribution < -0.4 is 10.2 Å². The van der Waals surface area contributed by atoms with Crippen molar-refractivity contribution < 1.29 is 4.79 Å². The largest absolute Gasteiger partial charge is 0.355 e. The lowest BCUT2D eigenvalue weighted by molar-refractivity contribution is -0.125. The van der Waals surface area contributed by atoms with Gasteiger partial charge in [0.2, 0.25) is 5.91 Å². The van der Waals surface area contributed by atoms with Crippen LogP contribution in [0.15, 0.2) is 5.38 Å². The molecule has 1 amide bonds. The van der Waals surface area contributed by atoms with Crippen LogP contribution in [0.1, 0.15) is 31.9 Å². The van der Waals surface area contributed by atoms with Gasteiger partial charge in [-0.15, -0.1) is 34.5 Å². The Hall–Kier alpha value is -0.520. The van der Waals surface area contributed by atoms with E-state index >= 15 is 0 Å². The number of nitrogens with one attached hydrogen (secondary N) is 1. The summed E-state index contributed by atoms with van der Waals surface area (Å²) in [7, 11) is 0. The van der Waals surface area contributed by atoms with Gasteiger partial charge >= 0.3 is 0 Å². The van der Waals surface area contributed by atoms with Crippen LogP contribution in [0.3, 0.4) is 0 Å². The molecule has 3 rings (SSSR count). The van der Waals surface area contributed by atoms with Crippen molar-refractivity contribution in [3.8, 4) is 0 Å². The molecule has 21 heavy (non-hydrogen) atoms. The van der Waals surface area contributed by atoms with E-state index in [1.807, 2.05) is 0 Å². The normalized spacial score (nSPS) is 26.9. The zero-order chi connectivity index (χ0) is 15.1. The van der Waals surface area contributed by atoms with Gasteiger partial charge in [-0.3, -0.25) is 4.79 Å². The van der Waals surface area contributed by atoms with Gasteiger partial charge in [0.25, 0.3) is 0 Å². The van der Waals surface area contributed by atoms with E-state index in [-0.39, 0.29) is 5.91 Å². The van der Waals surface area contributed by atoms with Gasteiger partial charge in [0.15, 0.2) is 5.13 Å². The van der Waals surface area contributed by atoms with Gasteiger partial charge in [0.1, 0.15) is 4.33 Å². The molecule has 0 spiro atoms. The van der Waals surface area contributed by atoms with Gasteiger partial charge in [-0.05, 0) is 26.2 Å². The fourth-order valence-electron chi connectivity index (χ4n) is 2.61. The van der Waals surface area contributed by atoms with E-state index in [1.165, 1.54) is 12.8 Å². The third-order valence-corrected chi connectivity index (χ3v) is 6.39. The lowest BCUT2D eigenvalue weighted by atomic mass is 10.1. The molecule has 2 heterocycles. The van der Waals surface area contributed by atoms with E-state index in [0.717, 1.165) is 30.3 Å². The molecular weight excluding hydrogens is 329 g/mol.